The fraction of sp³-hybridized carbons (Fsp3) is 0.353. The Morgan fingerprint density at radius 3 is 2.52 bits per heavy atom. The third-order valence-electron chi connectivity index (χ3n) is 4.41. The van der Waals surface area contributed by atoms with Crippen LogP contribution in [-0.2, 0) is 11.0 Å². The predicted molar refractivity (Wildman–Crippen MR) is 93.5 cm³/mol. The van der Waals surface area contributed by atoms with E-state index in [9.17, 15) is 9.00 Å². The highest BCUT2D eigenvalue weighted by Crippen LogP contribution is 2.28. The summed E-state index contributed by atoms with van der Waals surface area (Å²) in [5.74, 6) is 0.679. The maximum absolute atomic E-state index is 12.5. The monoisotopic (exact) mass is 331 g/mol. The lowest BCUT2D eigenvalue weighted by Gasteiger charge is -2.30. The molecular weight excluding hydrogens is 310 g/mol. The zero-order chi connectivity index (χ0) is 16.4. The zero-order valence-electron chi connectivity index (χ0n) is 13.1. The molecule has 1 unspecified atom stereocenters. The average Bonchev–Trinajstić information content (AvgIpc) is 2.55. The second kappa shape index (κ2) is 6.68. The summed E-state index contributed by atoms with van der Waals surface area (Å²) in [5, 5.41) is 10.2. The van der Waals surface area contributed by atoms with E-state index in [0.717, 1.165) is 42.4 Å². The molecule has 0 radical (unpaired) electrons. The molecule has 2 aromatic carbocycles. The molecule has 3 N–H and O–H groups in total. The highest BCUT2D eigenvalue weighted by Gasteiger charge is 2.20. The molecule has 2 aromatic rings. The summed E-state index contributed by atoms with van der Waals surface area (Å²) in [5.41, 5.74) is 0.721. The van der Waals surface area contributed by atoms with Crippen molar-refractivity contribution < 1.29 is 9.00 Å². The van der Waals surface area contributed by atoms with Gasteiger partial charge in [0.1, 0.15) is 11.0 Å². The second-order valence-corrected chi connectivity index (χ2v) is 7.09. The van der Waals surface area contributed by atoms with Crippen LogP contribution in [0.15, 0.2) is 41.3 Å². The van der Waals surface area contributed by atoms with Gasteiger partial charge in [0.25, 0.3) is 0 Å². The van der Waals surface area contributed by atoms with E-state index in [1.165, 1.54) is 0 Å². The van der Waals surface area contributed by atoms with Crippen LogP contribution >= 0.6 is 0 Å². The van der Waals surface area contributed by atoms with Gasteiger partial charge in [-0.05, 0) is 30.9 Å². The number of nitrogens with one attached hydrogen (secondary N) is 1. The molecule has 1 saturated heterocycles. The van der Waals surface area contributed by atoms with Crippen molar-refractivity contribution in [3.8, 4) is 0 Å². The van der Waals surface area contributed by atoms with Gasteiger partial charge in [0.2, 0.25) is 0 Å². The van der Waals surface area contributed by atoms with Crippen molar-refractivity contribution in [2.75, 3.05) is 18.4 Å². The first-order chi connectivity index (χ1) is 11.1. The van der Waals surface area contributed by atoms with Crippen LogP contribution in [0, 0.1) is 5.92 Å². The molecule has 1 aliphatic heterocycles. The summed E-state index contributed by atoms with van der Waals surface area (Å²) < 4.78 is 11.7. The number of likely N-dealkylation sites (tertiary alicyclic amines) is 1. The molecule has 0 aliphatic carbocycles. The number of fused-ring (bicyclic) bond motifs is 1. The fourth-order valence-electron chi connectivity index (χ4n) is 2.97. The number of anilines is 1. The van der Waals surface area contributed by atoms with Crippen molar-refractivity contribution in [3.63, 3.8) is 0 Å². The minimum Gasteiger partial charge on any atom is -0.325 e. The number of rotatable bonds is 2. The van der Waals surface area contributed by atoms with Crippen molar-refractivity contribution in [2.24, 2.45) is 11.1 Å². The Bertz CT molecular complexity index is 755. The Labute approximate surface area is 138 Å². The topological polar surface area (TPSA) is 75.4 Å². The number of piperidine rings is 1. The van der Waals surface area contributed by atoms with E-state index in [4.69, 9.17) is 5.14 Å². The molecule has 1 atom stereocenters. The Kier molecular flexibility index (Phi) is 4.63. The molecule has 6 heteroatoms. The largest absolute Gasteiger partial charge is 0.325 e. The molecule has 0 bridgehead atoms. The summed E-state index contributed by atoms with van der Waals surface area (Å²) in [6.45, 7) is 3.79. The van der Waals surface area contributed by atoms with Gasteiger partial charge in [0, 0.05) is 23.9 Å². The Morgan fingerprint density at radius 1 is 1.17 bits per heavy atom. The maximum Gasteiger partial charge on any atom is 0.321 e. The fourth-order valence-corrected chi connectivity index (χ4v) is 3.58. The van der Waals surface area contributed by atoms with Gasteiger partial charge in [-0.2, -0.15) is 0 Å². The van der Waals surface area contributed by atoms with Crippen LogP contribution in [0.2, 0.25) is 0 Å². The minimum absolute atomic E-state index is 0.0799. The number of nitrogens with zero attached hydrogens (tertiary/aromatic N) is 1. The van der Waals surface area contributed by atoms with Gasteiger partial charge in [-0.25, -0.2) is 14.1 Å². The smallest absolute Gasteiger partial charge is 0.321 e. The molecular formula is C17H21N3O2S. The summed E-state index contributed by atoms with van der Waals surface area (Å²) >= 11 is 0. The highest BCUT2D eigenvalue weighted by atomic mass is 32.2. The molecule has 3 rings (SSSR count). The van der Waals surface area contributed by atoms with Crippen molar-refractivity contribution >= 4 is 33.5 Å². The summed E-state index contributed by atoms with van der Waals surface area (Å²) in [7, 11) is -1.56. The third kappa shape index (κ3) is 3.38. The SMILES string of the molecule is CC1CCN(C(=O)Nc2cccc3c(S(N)=O)cccc23)CC1. The van der Waals surface area contributed by atoms with E-state index in [1.807, 2.05) is 29.2 Å². The van der Waals surface area contributed by atoms with Crippen LogP contribution in [0.4, 0.5) is 10.5 Å². The van der Waals surface area contributed by atoms with Crippen LogP contribution < -0.4 is 10.5 Å². The number of nitrogens with two attached hydrogens (primary N) is 1. The van der Waals surface area contributed by atoms with Crippen LogP contribution in [0.3, 0.4) is 0 Å². The lowest BCUT2D eigenvalue weighted by atomic mass is 10.00. The van der Waals surface area contributed by atoms with E-state index in [1.54, 1.807) is 12.1 Å². The van der Waals surface area contributed by atoms with Crippen LogP contribution in [0.5, 0.6) is 0 Å². The number of urea groups is 1. The molecule has 0 spiro atoms. The molecule has 1 fully saturated rings. The summed E-state index contributed by atoms with van der Waals surface area (Å²) in [6.07, 6.45) is 2.08. The average molecular weight is 331 g/mol. The van der Waals surface area contributed by atoms with Gasteiger partial charge < -0.3 is 10.2 Å². The predicted octanol–water partition coefficient (Wildman–Crippen LogP) is 3.08. The summed E-state index contributed by atoms with van der Waals surface area (Å²) in [6, 6.07) is 10.9. The third-order valence-corrected chi connectivity index (χ3v) is 5.20. The van der Waals surface area contributed by atoms with E-state index < -0.39 is 11.0 Å². The minimum atomic E-state index is -1.56. The maximum atomic E-state index is 12.5. The normalized spacial score (nSPS) is 17.2. The molecule has 2 amide bonds. The Hall–Kier alpha value is -1.92. The van der Waals surface area contributed by atoms with Gasteiger partial charge in [0.15, 0.2) is 0 Å². The first-order valence-corrected chi connectivity index (χ1v) is 9.01. The lowest BCUT2D eigenvalue weighted by Crippen LogP contribution is -2.40. The number of carbonyl (C=O) groups is 1. The number of benzene rings is 2. The van der Waals surface area contributed by atoms with Gasteiger partial charge in [-0.3, -0.25) is 0 Å². The van der Waals surface area contributed by atoms with Gasteiger partial charge in [0.05, 0.1) is 10.6 Å². The molecule has 23 heavy (non-hydrogen) atoms. The lowest BCUT2D eigenvalue weighted by molar-refractivity contribution is 0.186. The number of amides is 2. The van der Waals surface area contributed by atoms with E-state index in [0.29, 0.717) is 10.8 Å². The van der Waals surface area contributed by atoms with Crippen LogP contribution in [0.25, 0.3) is 10.8 Å². The Morgan fingerprint density at radius 2 is 1.83 bits per heavy atom. The molecule has 5 nitrogen and oxygen atoms in total. The molecule has 0 saturated carbocycles. The van der Waals surface area contributed by atoms with Crippen molar-refractivity contribution in [2.45, 2.75) is 24.7 Å². The van der Waals surface area contributed by atoms with Crippen molar-refractivity contribution in [1.82, 2.24) is 4.90 Å². The van der Waals surface area contributed by atoms with E-state index in [2.05, 4.69) is 12.2 Å². The number of hydrogen-bond donors (Lipinski definition) is 2. The number of hydrogen-bond acceptors (Lipinski definition) is 2. The summed E-state index contributed by atoms with van der Waals surface area (Å²) in [4.78, 5) is 14.9. The highest BCUT2D eigenvalue weighted by molar-refractivity contribution is 7.83. The van der Waals surface area contributed by atoms with Gasteiger partial charge in [-0.15, -0.1) is 0 Å². The second-order valence-electron chi connectivity index (χ2n) is 6.05. The zero-order valence-corrected chi connectivity index (χ0v) is 13.9. The molecule has 122 valence electrons. The Balaban J connectivity index is 1.87. The first kappa shape index (κ1) is 16.0. The van der Waals surface area contributed by atoms with E-state index in [-0.39, 0.29) is 6.03 Å². The molecule has 1 heterocycles. The van der Waals surface area contributed by atoms with Gasteiger partial charge in [-0.1, -0.05) is 31.2 Å². The van der Waals surface area contributed by atoms with Crippen molar-refractivity contribution in [3.05, 3.63) is 36.4 Å². The molecule has 0 aromatic heterocycles. The van der Waals surface area contributed by atoms with Crippen LogP contribution in [0.1, 0.15) is 19.8 Å². The number of carbonyl (C=O) groups excluding carboxylic acids is 1. The standard InChI is InChI=1S/C17H21N3O2S/c1-12-8-10-20(11-9-12)17(21)19-15-6-2-5-14-13(15)4-3-7-16(14)23(18)22/h2-7,12H,8-11,18H2,1H3,(H,19,21). The first-order valence-electron chi connectivity index (χ1n) is 7.80. The van der Waals surface area contributed by atoms with Gasteiger partial charge >= 0.3 is 6.03 Å². The molecule has 1 aliphatic rings. The van der Waals surface area contributed by atoms with Crippen molar-refractivity contribution in [1.29, 1.82) is 0 Å². The van der Waals surface area contributed by atoms with E-state index >= 15 is 0 Å². The van der Waals surface area contributed by atoms with Crippen LogP contribution in [-0.4, -0.2) is 28.2 Å². The quantitative estimate of drug-likeness (QED) is 0.887.